The van der Waals surface area contributed by atoms with Crippen LogP contribution in [-0.2, 0) is 9.47 Å². The van der Waals surface area contributed by atoms with Crippen molar-refractivity contribution in [2.75, 3.05) is 51.3 Å². The Morgan fingerprint density at radius 1 is 1.19 bits per heavy atom. The maximum absolute atomic E-state index is 12.5. The number of carbonyl (C=O) groups is 2. The van der Waals surface area contributed by atoms with Crippen LogP contribution in [0, 0.1) is 0 Å². The molecule has 0 aliphatic carbocycles. The minimum Gasteiger partial charge on any atom is -0.450 e. The molecule has 1 aromatic heterocycles. The van der Waals surface area contributed by atoms with Gasteiger partial charge in [0.15, 0.2) is 0 Å². The van der Waals surface area contributed by atoms with E-state index >= 15 is 0 Å². The highest BCUT2D eigenvalue weighted by molar-refractivity contribution is 5.93. The molecular formula is C17H25N5O4. The molecule has 1 N–H and O–H groups in total. The van der Waals surface area contributed by atoms with Crippen LogP contribution in [-0.4, -0.2) is 83.8 Å². The van der Waals surface area contributed by atoms with E-state index in [9.17, 15) is 9.59 Å². The Kier molecular flexibility index (Phi) is 6.21. The normalized spacial score (nSPS) is 18.5. The molecule has 3 rings (SSSR count). The zero-order valence-electron chi connectivity index (χ0n) is 15.0. The standard InChI is InChI=1S/C17H25N5O4/c1-2-26-17(24)22-5-3-13(4-6-22)20-15-11-14(18-12-19-15)16(23)21-7-9-25-10-8-21/h11-13H,2-10H2,1H3,(H,18,19,20). The fraction of sp³-hybridized carbons (Fsp3) is 0.647. The van der Waals surface area contributed by atoms with Crippen molar-refractivity contribution in [2.24, 2.45) is 0 Å². The van der Waals surface area contributed by atoms with E-state index in [-0.39, 0.29) is 18.0 Å². The lowest BCUT2D eigenvalue weighted by Gasteiger charge is -2.32. The summed E-state index contributed by atoms with van der Waals surface area (Å²) in [5.41, 5.74) is 0.383. The van der Waals surface area contributed by atoms with Gasteiger partial charge in [0, 0.05) is 38.3 Å². The van der Waals surface area contributed by atoms with Gasteiger partial charge in [-0.15, -0.1) is 0 Å². The molecule has 1 aromatic rings. The number of anilines is 1. The number of morpholine rings is 1. The van der Waals surface area contributed by atoms with E-state index in [4.69, 9.17) is 9.47 Å². The highest BCUT2D eigenvalue weighted by Gasteiger charge is 2.24. The first kappa shape index (κ1) is 18.4. The minimum absolute atomic E-state index is 0.101. The van der Waals surface area contributed by atoms with Gasteiger partial charge in [0.1, 0.15) is 17.8 Å². The molecule has 2 aliphatic heterocycles. The second kappa shape index (κ2) is 8.79. The number of carbonyl (C=O) groups excluding carboxylic acids is 2. The van der Waals surface area contributed by atoms with E-state index in [2.05, 4.69) is 15.3 Å². The molecule has 0 spiro atoms. The number of nitrogens with zero attached hydrogens (tertiary/aromatic N) is 4. The van der Waals surface area contributed by atoms with Gasteiger partial charge in [-0.25, -0.2) is 14.8 Å². The van der Waals surface area contributed by atoms with Crippen LogP contribution in [0.25, 0.3) is 0 Å². The van der Waals surface area contributed by atoms with E-state index in [1.807, 2.05) is 0 Å². The Hall–Kier alpha value is -2.42. The van der Waals surface area contributed by atoms with Gasteiger partial charge in [-0.05, 0) is 19.8 Å². The SMILES string of the molecule is CCOC(=O)N1CCC(Nc2cc(C(=O)N3CCOCC3)ncn2)CC1. The third-order valence-corrected chi connectivity index (χ3v) is 4.56. The van der Waals surface area contributed by atoms with Crippen molar-refractivity contribution in [3.05, 3.63) is 18.1 Å². The van der Waals surface area contributed by atoms with Crippen LogP contribution in [0.5, 0.6) is 0 Å². The number of hydrogen-bond donors (Lipinski definition) is 1. The van der Waals surface area contributed by atoms with Crippen molar-refractivity contribution in [1.82, 2.24) is 19.8 Å². The molecule has 3 heterocycles. The summed E-state index contributed by atoms with van der Waals surface area (Å²) in [5.74, 6) is 0.530. The molecule has 2 aliphatic rings. The van der Waals surface area contributed by atoms with Crippen LogP contribution < -0.4 is 5.32 Å². The van der Waals surface area contributed by atoms with Gasteiger partial charge in [0.2, 0.25) is 0 Å². The van der Waals surface area contributed by atoms with Gasteiger partial charge < -0.3 is 24.6 Å². The molecule has 0 unspecified atom stereocenters. The topological polar surface area (TPSA) is 96.9 Å². The second-order valence-corrected chi connectivity index (χ2v) is 6.30. The summed E-state index contributed by atoms with van der Waals surface area (Å²) in [6.45, 7) is 5.75. The molecule has 0 bridgehead atoms. The predicted molar refractivity (Wildman–Crippen MR) is 94.0 cm³/mol. The van der Waals surface area contributed by atoms with Crippen molar-refractivity contribution < 1.29 is 19.1 Å². The molecule has 9 nitrogen and oxygen atoms in total. The summed E-state index contributed by atoms with van der Waals surface area (Å²) in [7, 11) is 0. The third-order valence-electron chi connectivity index (χ3n) is 4.56. The quantitative estimate of drug-likeness (QED) is 0.852. The number of aromatic nitrogens is 2. The molecule has 0 saturated carbocycles. The molecule has 0 radical (unpaired) electrons. The molecule has 0 atom stereocenters. The van der Waals surface area contributed by atoms with Crippen molar-refractivity contribution in [1.29, 1.82) is 0 Å². The van der Waals surface area contributed by atoms with Crippen LogP contribution >= 0.6 is 0 Å². The second-order valence-electron chi connectivity index (χ2n) is 6.30. The van der Waals surface area contributed by atoms with E-state index in [1.165, 1.54) is 6.33 Å². The first-order chi connectivity index (χ1) is 12.7. The lowest BCUT2D eigenvalue weighted by Crippen LogP contribution is -2.43. The highest BCUT2D eigenvalue weighted by atomic mass is 16.6. The van der Waals surface area contributed by atoms with E-state index in [0.717, 1.165) is 12.8 Å². The summed E-state index contributed by atoms with van der Waals surface area (Å²) >= 11 is 0. The Morgan fingerprint density at radius 2 is 1.92 bits per heavy atom. The first-order valence-corrected chi connectivity index (χ1v) is 9.04. The fourth-order valence-corrected chi connectivity index (χ4v) is 3.11. The number of nitrogens with one attached hydrogen (secondary N) is 1. The van der Waals surface area contributed by atoms with Gasteiger partial charge in [0.05, 0.1) is 19.8 Å². The third kappa shape index (κ3) is 4.60. The monoisotopic (exact) mass is 363 g/mol. The fourth-order valence-electron chi connectivity index (χ4n) is 3.11. The molecule has 26 heavy (non-hydrogen) atoms. The summed E-state index contributed by atoms with van der Waals surface area (Å²) in [6.07, 6.45) is 2.75. The van der Waals surface area contributed by atoms with Gasteiger partial charge in [-0.1, -0.05) is 0 Å². The van der Waals surface area contributed by atoms with Crippen LogP contribution in [0.1, 0.15) is 30.3 Å². The van der Waals surface area contributed by atoms with Gasteiger partial charge in [0.25, 0.3) is 5.91 Å². The van der Waals surface area contributed by atoms with Crippen molar-refractivity contribution in [3.63, 3.8) is 0 Å². The maximum atomic E-state index is 12.5. The van der Waals surface area contributed by atoms with Crippen molar-refractivity contribution in [3.8, 4) is 0 Å². The number of likely N-dealkylation sites (tertiary alicyclic amines) is 1. The van der Waals surface area contributed by atoms with Gasteiger partial charge in [-0.3, -0.25) is 4.79 Å². The summed E-state index contributed by atoms with van der Waals surface area (Å²) in [4.78, 5) is 36.1. The Morgan fingerprint density at radius 3 is 2.62 bits per heavy atom. The molecule has 0 aromatic carbocycles. The average molecular weight is 363 g/mol. The van der Waals surface area contributed by atoms with Gasteiger partial charge in [-0.2, -0.15) is 0 Å². The van der Waals surface area contributed by atoms with E-state index in [0.29, 0.717) is 57.5 Å². The molecule has 2 amide bonds. The molecule has 9 heteroatoms. The minimum atomic E-state index is -0.258. The number of rotatable bonds is 4. The van der Waals surface area contributed by atoms with Crippen molar-refractivity contribution >= 4 is 17.8 Å². The Bertz CT molecular complexity index is 627. The van der Waals surface area contributed by atoms with Gasteiger partial charge >= 0.3 is 6.09 Å². The molecular weight excluding hydrogens is 338 g/mol. The zero-order chi connectivity index (χ0) is 18.4. The Balaban J connectivity index is 1.54. The number of piperidine rings is 1. The smallest absolute Gasteiger partial charge is 0.409 e. The van der Waals surface area contributed by atoms with Crippen LogP contribution in [0.2, 0.25) is 0 Å². The lowest BCUT2D eigenvalue weighted by molar-refractivity contribution is 0.0299. The number of hydrogen-bond acceptors (Lipinski definition) is 7. The predicted octanol–water partition coefficient (Wildman–Crippen LogP) is 0.982. The molecule has 2 saturated heterocycles. The van der Waals surface area contributed by atoms with E-state index < -0.39 is 0 Å². The van der Waals surface area contributed by atoms with Crippen LogP contribution in [0.4, 0.5) is 10.6 Å². The molecule has 2 fully saturated rings. The van der Waals surface area contributed by atoms with Crippen LogP contribution in [0.15, 0.2) is 12.4 Å². The largest absolute Gasteiger partial charge is 0.450 e. The summed E-state index contributed by atoms with van der Waals surface area (Å²) < 4.78 is 10.3. The summed E-state index contributed by atoms with van der Waals surface area (Å²) in [6, 6.07) is 1.89. The summed E-state index contributed by atoms with van der Waals surface area (Å²) in [5, 5.41) is 3.35. The zero-order valence-corrected chi connectivity index (χ0v) is 15.0. The lowest BCUT2D eigenvalue weighted by atomic mass is 10.1. The first-order valence-electron chi connectivity index (χ1n) is 9.04. The number of amides is 2. The Labute approximate surface area is 152 Å². The van der Waals surface area contributed by atoms with Crippen molar-refractivity contribution in [2.45, 2.75) is 25.8 Å². The van der Waals surface area contributed by atoms with Crippen LogP contribution in [0.3, 0.4) is 0 Å². The highest BCUT2D eigenvalue weighted by Crippen LogP contribution is 2.17. The number of ether oxygens (including phenoxy) is 2. The van der Waals surface area contributed by atoms with E-state index in [1.54, 1.807) is 22.8 Å². The average Bonchev–Trinajstić information content (AvgIpc) is 2.69. The maximum Gasteiger partial charge on any atom is 0.409 e. The molecule has 142 valence electrons.